The van der Waals surface area contributed by atoms with Crippen LogP contribution in [0.3, 0.4) is 0 Å². The van der Waals surface area contributed by atoms with Gasteiger partial charge in [-0.05, 0) is 38.1 Å². The molecule has 2 amide bonds. The summed E-state index contributed by atoms with van der Waals surface area (Å²) in [6.07, 6.45) is 5.48. The van der Waals surface area contributed by atoms with Gasteiger partial charge in [0.15, 0.2) is 0 Å². The molecule has 0 unspecified atom stereocenters. The first-order valence-electron chi connectivity index (χ1n) is 7.32. The van der Waals surface area contributed by atoms with Crippen LogP contribution in [0.1, 0.15) is 34.6 Å². The first-order chi connectivity index (χ1) is 11.6. The lowest BCUT2D eigenvalue weighted by Gasteiger charge is -2.15. The molecule has 3 rings (SSSR count). The van der Waals surface area contributed by atoms with Gasteiger partial charge >= 0.3 is 0 Å². The molecule has 2 aliphatic rings. The summed E-state index contributed by atoms with van der Waals surface area (Å²) in [7, 11) is 0. The summed E-state index contributed by atoms with van der Waals surface area (Å²) in [6.45, 7) is 3.51. The van der Waals surface area contributed by atoms with Gasteiger partial charge in [-0.3, -0.25) is 9.59 Å². The third-order valence-corrected chi connectivity index (χ3v) is 3.59. The molecule has 0 saturated carbocycles. The van der Waals surface area contributed by atoms with Crippen LogP contribution in [0.2, 0.25) is 0 Å². The van der Waals surface area contributed by atoms with Gasteiger partial charge in [0.2, 0.25) is 0 Å². The number of amides is 2. The molecule has 24 heavy (non-hydrogen) atoms. The maximum atomic E-state index is 12.3. The second-order valence-corrected chi connectivity index (χ2v) is 5.25. The Hall–Kier alpha value is -3.35. The average molecular weight is 321 g/mol. The zero-order valence-electron chi connectivity index (χ0n) is 13.2. The Balaban J connectivity index is 2.13. The lowest BCUT2D eigenvalue weighted by atomic mass is 10.1. The zero-order valence-corrected chi connectivity index (χ0v) is 13.2. The number of fused-ring (bicyclic) bond motifs is 3. The molecule has 1 aromatic rings. The van der Waals surface area contributed by atoms with Crippen molar-refractivity contribution in [3.8, 4) is 0 Å². The fraction of sp³-hybridized carbons (Fsp3) is 0.118. The fourth-order valence-electron chi connectivity index (χ4n) is 2.24. The van der Waals surface area contributed by atoms with Gasteiger partial charge in [-0.1, -0.05) is 18.2 Å². The minimum Gasteiger partial charge on any atom is -0.352 e. The monoisotopic (exact) mass is 321 g/mol. The molecule has 0 fully saturated rings. The zero-order chi connectivity index (χ0) is 17.1. The number of carbonyl (C=O) groups is 2. The van der Waals surface area contributed by atoms with E-state index in [0.29, 0.717) is 17.1 Å². The van der Waals surface area contributed by atoms with Crippen molar-refractivity contribution in [2.24, 2.45) is 15.3 Å². The summed E-state index contributed by atoms with van der Waals surface area (Å²) in [5.41, 5.74) is 5.42. The number of carbonyl (C=O) groups excluding carboxylic acids is 2. The van der Waals surface area contributed by atoms with Crippen molar-refractivity contribution >= 4 is 17.5 Å². The molecular formula is C17H15N5O2. The number of hydrogen-bond acceptors (Lipinski definition) is 5. The highest BCUT2D eigenvalue weighted by Crippen LogP contribution is 2.16. The molecule has 2 bridgehead atoms. The third kappa shape index (κ3) is 3.05. The number of allylic oxidation sites excluding steroid dienone is 5. The van der Waals surface area contributed by atoms with Crippen LogP contribution in [-0.2, 0) is 0 Å². The SMILES string of the molecule is CC1=NNC(=O)c2ccccc2C(=O)N=NC(C)=C2C=CC=C1N2. The van der Waals surface area contributed by atoms with Crippen LogP contribution in [0, 0.1) is 0 Å². The normalized spacial score (nSPS) is 17.6. The highest BCUT2D eigenvalue weighted by molar-refractivity contribution is 6.08. The fourth-order valence-corrected chi connectivity index (χ4v) is 2.24. The molecule has 0 spiro atoms. The van der Waals surface area contributed by atoms with Gasteiger partial charge in [-0.25, -0.2) is 5.43 Å². The van der Waals surface area contributed by atoms with Gasteiger partial charge in [0.05, 0.1) is 33.9 Å². The molecule has 0 atom stereocenters. The number of benzene rings is 1. The minimum absolute atomic E-state index is 0.175. The largest absolute Gasteiger partial charge is 0.352 e. The van der Waals surface area contributed by atoms with Gasteiger partial charge in [-0.2, -0.15) is 5.10 Å². The average Bonchev–Trinajstić information content (AvgIpc) is 2.63. The van der Waals surface area contributed by atoms with E-state index in [1.807, 2.05) is 18.2 Å². The molecule has 2 N–H and O–H groups in total. The van der Waals surface area contributed by atoms with E-state index in [0.717, 1.165) is 5.70 Å². The minimum atomic E-state index is -0.587. The lowest BCUT2D eigenvalue weighted by Crippen LogP contribution is -2.25. The molecule has 120 valence electrons. The molecule has 1 aromatic carbocycles. The van der Waals surface area contributed by atoms with Crippen LogP contribution < -0.4 is 10.7 Å². The third-order valence-electron chi connectivity index (χ3n) is 3.59. The predicted octanol–water partition coefficient (Wildman–Crippen LogP) is 2.67. The van der Waals surface area contributed by atoms with E-state index in [1.54, 1.807) is 32.0 Å². The van der Waals surface area contributed by atoms with Gasteiger partial charge < -0.3 is 5.32 Å². The molecule has 2 aliphatic heterocycles. The second-order valence-electron chi connectivity index (χ2n) is 5.25. The van der Waals surface area contributed by atoms with Gasteiger partial charge in [0.1, 0.15) is 0 Å². The van der Waals surface area contributed by atoms with Gasteiger partial charge in [0, 0.05) is 0 Å². The second kappa shape index (κ2) is 6.41. The highest BCUT2D eigenvalue weighted by atomic mass is 16.2. The smallest absolute Gasteiger partial charge is 0.296 e. The number of hydrazone groups is 1. The standard InChI is InChI=1S/C17H15N5O2/c1-10-14-8-5-9-15(18-14)11(2)20-22-17(24)13-7-4-3-6-12(13)16(23)21-19-10/h3-9,18H,1-2H3,(H,21,23). The Morgan fingerprint density at radius 1 is 1.00 bits per heavy atom. The number of hydrogen-bond donors (Lipinski definition) is 2. The maximum Gasteiger partial charge on any atom is 0.296 e. The van der Waals surface area contributed by atoms with Crippen LogP contribution in [0.5, 0.6) is 0 Å². The van der Waals surface area contributed by atoms with Crippen molar-refractivity contribution < 1.29 is 9.59 Å². The van der Waals surface area contributed by atoms with E-state index < -0.39 is 11.8 Å². The van der Waals surface area contributed by atoms with Gasteiger partial charge in [0.25, 0.3) is 11.8 Å². The van der Waals surface area contributed by atoms with E-state index in [9.17, 15) is 9.59 Å². The Morgan fingerprint density at radius 3 is 2.54 bits per heavy atom. The molecule has 0 aliphatic carbocycles. The van der Waals surface area contributed by atoms with Crippen LogP contribution in [0.4, 0.5) is 0 Å². The van der Waals surface area contributed by atoms with Crippen LogP contribution >= 0.6 is 0 Å². The lowest BCUT2D eigenvalue weighted by molar-refractivity contribution is 0.0936. The van der Waals surface area contributed by atoms with Gasteiger partial charge in [-0.15, -0.1) is 10.2 Å². The van der Waals surface area contributed by atoms with E-state index in [1.165, 1.54) is 6.07 Å². The Bertz CT molecular complexity index is 875. The van der Waals surface area contributed by atoms with Crippen molar-refractivity contribution in [2.75, 3.05) is 0 Å². The van der Waals surface area contributed by atoms with Crippen LogP contribution in [0.15, 0.2) is 74.9 Å². The number of nitrogens with one attached hydrogen (secondary N) is 2. The molecule has 0 radical (unpaired) electrons. The Morgan fingerprint density at radius 2 is 1.75 bits per heavy atom. The van der Waals surface area contributed by atoms with E-state index in [4.69, 9.17) is 0 Å². The quantitative estimate of drug-likeness (QED) is 0.769. The molecule has 7 nitrogen and oxygen atoms in total. The number of nitrogens with zero attached hydrogens (tertiary/aromatic N) is 3. The summed E-state index contributed by atoms with van der Waals surface area (Å²) < 4.78 is 0. The summed E-state index contributed by atoms with van der Waals surface area (Å²) in [6, 6.07) is 6.42. The summed E-state index contributed by atoms with van der Waals surface area (Å²) in [5, 5.41) is 15.0. The summed E-state index contributed by atoms with van der Waals surface area (Å²) >= 11 is 0. The first-order valence-corrected chi connectivity index (χ1v) is 7.32. The van der Waals surface area contributed by atoms with Crippen molar-refractivity contribution in [2.45, 2.75) is 13.8 Å². The maximum absolute atomic E-state index is 12.3. The number of rotatable bonds is 0. The Kier molecular flexibility index (Phi) is 4.15. The predicted molar refractivity (Wildman–Crippen MR) is 89.3 cm³/mol. The van der Waals surface area contributed by atoms with Crippen molar-refractivity contribution in [3.63, 3.8) is 0 Å². The molecular weight excluding hydrogens is 306 g/mol. The number of dihydropyridines is 1. The topological polar surface area (TPSA) is 95.3 Å². The van der Waals surface area contributed by atoms with E-state index in [-0.39, 0.29) is 11.1 Å². The first kappa shape index (κ1) is 15.5. The van der Waals surface area contributed by atoms with Crippen molar-refractivity contribution in [3.05, 3.63) is 70.7 Å². The van der Waals surface area contributed by atoms with Crippen molar-refractivity contribution in [1.82, 2.24) is 10.7 Å². The van der Waals surface area contributed by atoms with Crippen molar-refractivity contribution in [1.29, 1.82) is 0 Å². The summed E-state index contributed by atoms with van der Waals surface area (Å²) in [4.78, 5) is 24.6. The Labute approximate surface area is 138 Å². The molecule has 7 heteroatoms. The highest BCUT2D eigenvalue weighted by Gasteiger charge is 2.17. The summed E-state index contributed by atoms with van der Waals surface area (Å²) in [5.74, 6) is -1.07. The molecule has 2 heterocycles. The molecule has 0 aromatic heterocycles. The van der Waals surface area contributed by atoms with E-state index >= 15 is 0 Å². The van der Waals surface area contributed by atoms with E-state index in [2.05, 4.69) is 26.1 Å². The molecule has 0 saturated heterocycles. The number of azo groups is 1. The van der Waals surface area contributed by atoms with Crippen LogP contribution in [-0.4, -0.2) is 17.5 Å². The van der Waals surface area contributed by atoms with Crippen LogP contribution in [0.25, 0.3) is 0 Å².